The van der Waals surface area contributed by atoms with Crippen LogP contribution in [0.2, 0.25) is 0 Å². The van der Waals surface area contributed by atoms with Gasteiger partial charge in [-0.3, -0.25) is 0 Å². The minimum absolute atomic E-state index is 0.428. The van der Waals surface area contributed by atoms with Crippen LogP contribution < -0.4 is 5.73 Å². The van der Waals surface area contributed by atoms with Crippen LogP contribution in [-0.2, 0) is 21.5 Å². The molecule has 1 aliphatic rings. The van der Waals surface area contributed by atoms with E-state index in [0.29, 0.717) is 29.9 Å². The highest BCUT2D eigenvalue weighted by molar-refractivity contribution is 5.83. The van der Waals surface area contributed by atoms with Gasteiger partial charge in [-0.1, -0.05) is 5.16 Å². The summed E-state index contributed by atoms with van der Waals surface area (Å²) < 4.78 is 9.74. The molecule has 1 aromatic rings. The van der Waals surface area contributed by atoms with Gasteiger partial charge in [0.1, 0.15) is 11.3 Å². The minimum atomic E-state index is -1.06. The van der Waals surface area contributed by atoms with Gasteiger partial charge < -0.3 is 15.0 Å². The van der Waals surface area contributed by atoms with Crippen LogP contribution in [0.3, 0.4) is 0 Å². The van der Waals surface area contributed by atoms with Crippen molar-refractivity contribution in [3.63, 3.8) is 0 Å². The molecule has 5 heteroatoms. The van der Waals surface area contributed by atoms with Crippen LogP contribution >= 0.6 is 0 Å². The maximum atomic E-state index is 11.5. The monoisotopic (exact) mass is 196 g/mol. The SMILES string of the molecule is COC(=O)C1(N)CCc2onc(C)c21. The minimum Gasteiger partial charge on any atom is -0.467 e. The molecule has 1 unspecified atom stereocenters. The van der Waals surface area contributed by atoms with E-state index < -0.39 is 11.5 Å². The summed E-state index contributed by atoms with van der Waals surface area (Å²) in [6, 6.07) is 0. The Kier molecular flexibility index (Phi) is 1.85. The Balaban J connectivity index is 2.50. The Labute approximate surface area is 81.2 Å². The number of nitrogens with zero attached hydrogens (tertiary/aromatic N) is 1. The zero-order valence-corrected chi connectivity index (χ0v) is 8.16. The van der Waals surface area contributed by atoms with E-state index in [0.717, 1.165) is 0 Å². The van der Waals surface area contributed by atoms with Crippen molar-refractivity contribution in [3.05, 3.63) is 17.0 Å². The molecular weight excluding hydrogens is 184 g/mol. The molecule has 14 heavy (non-hydrogen) atoms. The number of esters is 1. The van der Waals surface area contributed by atoms with Gasteiger partial charge >= 0.3 is 5.97 Å². The van der Waals surface area contributed by atoms with E-state index in [9.17, 15) is 4.79 Å². The number of carbonyl (C=O) groups excluding carboxylic acids is 1. The van der Waals surface area contributed by atoms with Gasteiger partial charge in [0.05, 0.1) is 12.8 Å². The van der Waals surface area contributed by atoms with Crippen molar-refractivity contribution in [1.82, 2.24) is 5.16 Å². The third kappa shape index (κ3) is 0.988. The number of rotatable bonds is 1. The Hall–Kier alpha value is -1.36. The van der Waals surface area contributed by atoms with Crippen molar-refractivity contribution in [2.24, 2.45) is 5.73 Å². The van der Waals surface area contributed by atoms with Crippen LogP contribution in [0.5, 0.6) is 0 Å². The van der Waals surface area contributed by atoms with Gasteiger partial charge in [-0.25, -0.2) is 4.79 Å². The Bertz CT molecular complexity index is 385. The lowest BCUT2D eigenvalue weighted by Gasteiger charge is -2.20. The number of fused-ring (bicyclic) bond motifs is 1. The molecule has 2 rings (SSSR count). The third-order valence-electron chi connectivity index (χ3n) is 2.68. The lowest BCUT2D eigenvalue weighted by molar-refractivity contribution is -0.147. The van der Waals surface area contributed by atoms with E-state index in [4.69, 9.17) is 10.3 Å². The second-order valence-corrected chi connectivity index (χ2v) is 3.53. The molecular formula is C9H12N2O3. The first-order valence-electron chi connectivity index (χ1n) is 4.42. The maximum Gasteiger partial charge on any atom is 0.330 e. The number of hydrogen-bond acceptors (Lipinski definition) is 5. The predicted molar refractivity (Wildman–Crippen MR) is 47.4 cm³/mol. The zero-order valence-electron chi connectivity index (χ0n) is 8.16. The normalized spacial score (nSPS) is 24.8. The number of ether oxygens (including phenoxy) is 1. The Morgan fingerprint density at radius 1 is 1.71 bits per heavy atom. The molecule has 1 atom stereocenters. The number of aromatic nitrogens is 1. The molecule has 0 fully saturated rings. The molecule has 5 nitrogen and oxygen atoms in total. The average molecular weight is 196 g/mol. The van der Waals surface area contributed by atoms with Gasteiger partial charge in [0.2, 0.25) is 0 Å². The Morgan fingerprint density at radius 2 is 2.43 bits per heavy atom. The van der Waals surface area contributed by atoms with Gasteiger partial charge in [-0.15, -0.1) is 0 Å². The zero-order chi connectivity index (χ0) is 10.3. The lowest BCUT2D eigenvalue weighted by Crippen LogP contribution is -2.44. The molecule has 0 spiro atoms. The topological polar surface area (TPSA) is 78.4 Å². The first-order valence-corrected chi connectivity index (χ1v) is 4.42. The van der Waals surface area contributed by atoms with E-state index in [1.165, 1.54) is 7.11 Å². The fraction of sp³-hybridized carbons (Fsp3) is 0.556. The van der Waals surface area contributed by atoms with E-state index >= 15 is 0 Å². The Morgan fingerprint density at radius 3 is 3.07 bits per heavy atom. The summed E-state index contributed by atoms with van der Waals surface area (Å²) in [5.74, 6) is 0.276. The first-order chi connectivity index (χ1) is 6.59. The maximum absolute atomic E-state index is 11.5. The summed E-state index contributed by atoms with van der Waals surface area (Å²) >= 11 is 0. The standard InChI is InChI=1S/C9H12N2O3/c1-5-7-6(14-11-5)3-4-9(7,10)8(12)13-2/h3-4,10H2,1-2H3. The number of methoxy groups -OCH3 is 1. The predicted octanol–water partition coefficient (Wildman–Crippen LogP) is 0.256. The van der Waals surface area contributed by atoms with Gasteiger partial charge in [0.15, 0.2) is 0 Å². The van der Waals surface area contributed by atoms with Crippen molar-refractivity contribution in [1.29, 1.82) is 0 Å². The molecule has 0 bridgehead atoms. The fourth-order valence-electron chi connectivity index (χ4n) is 1.98. The highest BCUT2D eigenvalue weighted by Crippen LogP contribution is 2.37. The number of hydrogen-bond donors (Lipinski definition) is 1. The average Bonchev–Trinajstić information content (AvgIpc) is 2.70. The second-order valence-electron chi connectivity index (χ2n) is 3.53. The van der Waals surface area contributed by atoms with Crippen LogP contribution in [-0.4, -0.2) is 18.2 Å². The summed E-state index contributed by atoms with van der Waals surface area (Å²) in [5.41, 5.74) is 6.30. The van der Waals surface area contributed by atoms with Crippen LogP contribution in [0.1, 0.15) is 23.4 Å². The molecule has 2 N–H and O–H groups in total. The van der Waals surface area contributed by atoms with Crippen molar-refractivity contribution in [2.45, 2.75) is 25.3 Å². The fourth-order valence-corrected chi connectivity index (χ4v) is 1.98. The lowest BCUT2D eigenvalue weighted by atomic mass is 9.93. The molecule has 0 aliphatic heterocycles. The van der Waals surface area contributed by atoms with Gasteiger partial charge in [0, 0.05) is 12.0 Å². The van der Waals surface area contributed by atoms with E-state index in [-0.39, 0.29) is 0 Å². The number of aryl methyl sites for hydroxylation is 2. The van der Waals surface area contributed by atoms with Crippen molar-refractivity contribution >= 4 is 5.97 Å². The molecule has 0 saturated heterocycles. The smallest absolute Gasteiger partial charge is 0.330 e. The quantitative estimate of drug-likeness (QED) is 0.651. The summed E-state index contributed by atoms with van der Waals surface area (Å²) in [6.07, 6.45) is 1.17. The van der Waals surface area contributed by atoms with Gasteiger partial charge in [-0.05, 0) is 13.3 Å². The van der Waals surface area contributed by atoms with Crippen LogP contribution in [0, 0.1) is 6.92 Å². The molecule has 0 amide bonds. The molecule has 0 saturated carbocycles. The number of carbonyl (C=O) groups is 1. The van der Waals surface area contributed by atoms with Crippen molar-refractivity contribution in [3.8, 4) is 0 Å². The van der Waals surface area contributed by atoms with Crippen LogP contribution in [0.25, 0.3) is 0 Å². The van der Waals surface area contributed by atoms with E-state index in [1.54, 1.807) is 6.92 Å². The summed E-state index contributed by atoms with van der Waals surface area (Å²) in [6.45, 7) is 1.78. The highest BCUT2D eigenvalue weighted by Gasteiger charge is 2.47. The largest absolute Gasteiger partial charge is 0.467 e. The molecule has 1 aliphatic carbocycles. The van der Waals surface area contributed by atoms with Gasteiger partial charge in [0.25, 0.3) is 0 Å². The van der Waals surface area contributed by atoms with Crippen LogP contribution in [0.4, 0.5) is 0 Å². The first kappa shape index (κ1) is 9.21. The molecule has 1 heterocycles. The molecule has 76 valence electrons. The molecule has 1 aromatic heterocycles. The molecule has 0 radical (unpaired) electrons. The summed E-state index contributed by atoms with van der Waals surface area (Å²) in [7, 11) is 1.33. The van der Waals surface area contributed by atoms with Crippen LogP contribution in [0.15, 0.2) is 4.52 Å². The van der Waals surface area contributed by atoms with Crippen molar-refractivity contribution in [2.75, 3.05) is 7.11 Å². The number of nitrogens with two attached hydrogens (primary N) is 1. The summed E-state index contributed by atoms with van der Waals surface area (Å²) in [5, 5.41) is 3.79. The second kappa shape index (κ2) is 2.81. The third-order valence-corrected chi connectivity index (χ3v) is 2.68. The van der Waals surface area contributed by atoms with E-state index in [2.05, 4.69) is 9.89 Å². The van der Waals surface area contributed by atoms with E-state index in [1.807, 2.05) is 0 Å². The molecule has 0 aromatic carbocycles. The summed E-state index contributed by atoms with van der Waals surface area (Å²) in [4.78, 5) is 11.5. The van der Waals surface area contributed by atoms with Gasteiger partial charge in [-0.2, -0.15) is 0 Å². The van der Waals surface area contributed by atoms with Crippen molar-refractivity contribution < 1.29 is 14.1 Å². The highest BCUT2D eigenvalue weighted by atomic mass is 16.5.